The van der Waals surface area contributed by atoms with E-state index in [9.17, 15) is 10.1 Å². The number of hydrogen-bond donors (Lipinski definition) is 1. The first-order chi connectivity index (χ1) is 9.45. The van der Waals surface area contributed by atoms with Crippen LogP contribution in [0.25, 0.3) is 11.1 Å². The lowest BCUT2D eigenvalue weighted by molar-refractivity contribution is -0.384. The number of ether oxygens (including phenoxy) is 1. The molecular formula is C12H9BrClN3O3. The topological polar surface area (TPSA) is 91.3 Å². The molecule has 0 saturated carbocycles. The van der Waals surface area contributed by atoms with E-state index in [4.69, 9.17) is 22.1 Å². The molecule has 104 valence electrons. The fourth-order valence-corrected chi connectivity index (χ4v) is 2.26. The molecule has 0 atom stereocenters. The van der Waals surface area contributed by atoms with Gasteiger partial charge in [-0.1, -0.05) is 11.6 Å². The Balaban J connectivity index is 2.75. The predicted molar refractivity (Wildman–Crippen MR) is 80.0 cm³/mol. The maximum Gasteiger partial charge on any atom is 0.278 e. The molecule has 0 aliphatic heterocycles. The molecule has 1 heterocycles. The van der Waals surface area contributed by atoms with Gasteiger partial charge in [-0.3, -0.25) is 10.1 Å². The summed E-state index contributed by atoms with van der Waals surface area (Å²) in [5, 5.41) is 11.4. The molecule has 1 aromatic heterocycles. The van der Waals surface area contributed by atoms with Gasteiger partial charge in [-0.2, -0.15) is 0 Å². The third kappa shape index (κ3) is 2.54. The minimum Gasteiger partial charge on any atom is -0.480 e. The van der Waals surface area contributed by atoms with Crippen LogP contribution in [0.3, 0.4) is 0 Å². The molecule has 6 nitrogen and oxygen atoms in total. The van der Waals surface area contributed by atoms with Crippen LogP contribution < -0.4 is 10.5 Å². The summed E-state index contributed by atoms with van der Waals surface area (Å²) in [5.41, 5.74) is 6.81. The number of aromatic nitrogens is 1. The van der Waals surface area contributed by atoms with Crippen molar-refractivity contribution in [2.24, 2.45) is 0 Å². The molecule has 2 aromatic rings. The van der Waals surface area contributed by atoms with Crippen LogP contribution in [0.2, 0.25) is 5.02 Å². The Bertz CT molecular complexity index is 694. The first-order valence-electron chi connectivity index (χ1n) is 5.38. The van der Waals surface area contributed by atoms with Crippen LogP contribution in [0.4, 0.5) is 11.4 Å². The monoisotopic (exact) mass is 357 g/mol. The minimum absolute atomic E-state index is 0.141. The number of halogens is 2. The van der Waals surface area contributed by atoms with Gasteiger partial charge in [0.05, 0.1) is 22.6 Å². The van der Waals surface area contributed by atoms with Gasteiger partial charge >= 0.3 is 0 Å². The number of methoxy groups -OCH3 is 1. The summed E-state index contributed by atoms with van der Waals surface area (Å²) in [6.45, 7) is 0. The highest BCUT2D eigenvalue weighted by atomic mass is 79.9. The largest absolute Gasteiger partial charge is 0.480 e. The Morgan fingerprint density at radius 3 is 2.75 bits per heavy atom. The summed E-state index contributed by atoms with van der Waals surface area (Å²) in [6, 6.07) is 4.40. The van der Waals surface area contributed by atoms with Crippen molar-refractivity contribution in [3.8, 4) is 17.0 Å². The van der Waals surface area contributed by atoms with Crippen LogP contribution in [-0.2, 0) is 0 Å². The van der Waals surface area contributed by atoms with Gasteiger partial charge in [0.25, 0.3) is 5.69 Å². The van der Waals surface area contributed by atoms with Gasteiger partial charge in [0, 0.05) is 22.3 Å². The molecule has 0 bridgehead atoms. The fraction of sp³-hybridized carbons (Fsp3) is 0.0833. The number of pyridine rings is 1. The second-order valence-electron chi connectivity index (χ2n) is 3.82. The summed E-state index contributed by atoms with van der Waals surface area (Å²) in [6.07, 6.45) is 1.47. The quantitative estimate of drug-likeness (QED) is 0.668. The molecule has 0 unspecified atom stereocenters. The van der Waals surface area contributed by atoms with E-state index in [0.29, 0.717) is 15.6 Å². The summed E-state index contributed by atoms with van der Waals surface area (Å²) >= 11 is 9.14. The second-order valence-corrected chi connectivity index (χ2v) is 5.08. The Morgan fingerprint density at radius 1 is 1.45 bits per heavy atom. The molecule has 2 rings (SSSR count). The first kappa shape index (κ1) is 14.5. The van der Waals surface area contributed by atoms with Gasteiger partial charge in [-0.05, 0) is 28.1 Å². The third-order valence-electron chi connectivity index (χ3n) is 2.67. The van der Waals surface area contributed by atoms with Crippen LogP contribution in [0.15, 0.2) is 28.9 Å². The SMILES string of the molecule is COc1nccc(-c2cc(Br)c(Cl)cc2[N+](=O)[O-])c1N. The molecule has 0 aliphatic rings. The van der Waals surface area contributed by atoms with E-state index in [1.165, 1.54) is 19.4 Å². The number of nitrogens with two attached hydrogens (primary N) is 1. The number of hydrogen-bond acceptors (Lipinski definition) is 5. The van der Waals surface area contributed by atoms with Crippen molar-refractivity contribution in [2.45, 2.75) is 0 Å². The number of nitro benzene ring substituents is 1. The molecule has 0 fully saturated rings. The Kier molecular flexibility index (Phi) is 4.10. The van der Waals surface area contributed by atoms with E-state index in [1.807, 2.05) is 0 Å². The highest BCUT2D eigenvalue weighted by Gasteiger charge is 2.21. The number of anilines is 1. The summed E-state index contributed by atoms with van der Waals surface area (Å²) < 4.78 is 5.55. The van der Waals surface area contributed by atoms with E-state index >= 15 is 0 Å². The van der Waals surface area contributed by atoms with Crippen LogP contribution in [0.1, 0.15) is 0 Å². The van der Waals surface area contributed by atoms with Crippen LogP contribution in [0.5, 0.6) is 5.88 Å². The smallest absolute Gasteiger partial charge is 0.278 e. The van der Waals surface area contributed by atoms with E-state index in [2.05, 4.69) is 20.9 Å². The molecule has 0 amide bonds. The molecule has 0 spiro atoms. The van der Waals surface area contributed by atoms with E-state index in [-0.39, 0.29) is 22.3 Å². The zero-order chi connectivity index (χ0) is 14.9. The summed E-state index contributed by atoms with van der Waals surface area (Å²) in [7, 11) is 1.43. The number of nitrogen functional groups attached to an aromatic ring is 1. The van der Waals surface area contributed by atoms with Gasteiger partial charge in [-0.15, -0.1) is 0 Å². The normalized spacial score (nSPS) is 10.3. The molecule has 8 heteroatoms. The van der Waals surface area contributed by atoms with Crippen LogP contribution in [0, 0.1) is 10.1 Å². The second kappa shape index (κ2) is 5.64. The van der Waals surface area contributed by atoms with E-state index in [0.717, 1.165) is 0 Å². The molecular weight excluding hydrogens is 350 g/mol. The van der Waals surface area contributed by atoms with Gasteiger partial charge in [0.1, 0.15) is 5.69 Å². The standard InChI is InChI=1S/C12H9BrClN3O3/c1-20-12-11(15)6(2-3-16-12)7-4-8(13)9(14)5-10(7)17(18)19/h2-5H,15H2,1H3. The predicted octanol–water partition coefficient (Wildman–Crippen LogP) is 3.66. The van der Waals surface area contributed by atoms with Crippen LogP contribution >= 0.6 is 27.5 Å². The van der Waals surface area contributed by atoms with Gasteiger partial charge < -0.3 is 10.5 Å². The number of rotatable bonds is 3. The van der Waals surface area contributed by atoms with E-state index < -0.39 is 4.92 Å². The van der Waals surface area contributed by atoms with Crippen molar-refractivity contribution in [3.63, 3.8) is 0 Å². The van der Waals surface area contributed by atoms with Crippen molar-refractivity contribution in [2.75, 3.05) is 12.8 Å². The zero-order valence-electron chi connectivity index (χ0n) is 10.3. The first-order valence-corrected chi connectivity index (χ1v) is 6.55. The van der Waals surface area contributed by atoms with Crippen LogP contribution in [-0.4, -0.2) is 17.0 Å². The van der Waals surface area contributed by atoms with Gasteiger partial charge in [0.15, 0.2) is 0 Å². The minimum atomic E-state index is -0.514. The van der Waals surface area contributed by atoms with Gasteiger partial charge in [-0.25, -0.2) is 4.98 Å². The zero-order valence-corrected chi connectivity index (χ0v) is 12.6. The lowest BCUT2D eigenvalue weighted by Gasteiger charge is -2.10. The van der Waals surface area contributed by atoms with E-state index in [1.54, 1.807) is 12.1 Å². The Hall–Kier alpha value is -1.86. The average Bonchev–Trinajstić information content (AvgIpc) is 2.41. The van der Waals surface area contributed by atoms with Crippen molar-refractivity contribution in [3.05, 3.63) is 44.0 Å². The molecule has 20 heavy (non-hydrogen) atoms. The lowest BCUT2D eigenvalue weighted by atomic mass is 10.0. The Morgan fingerprint density at radius 2 is 2.15 bits per heavy atom. The maximum absolute atomic E-state index is 11.2. The summed E-state index contributed by atoms with van der Waals surface area (Å²) in [4.78, 5) is 14.6. The van der Waals surface area contributed by atoms with Crippen molar-refractivity contribution in [1.82, 2.24) is 4.98 Å². The molecule has 0 saturated heterocycles. The maximum atomic E-state index is 11.2. The highest BCUT2D eigenvalue weighted by molar-refractivity contribution is 9.10. The highest BCUT2D eigenvalue weighted by Crippen LogP contribution is 2.40. The van der Waals surface area contributed by atoms with Crippen molar-refractivity contribution >= 4 is 38.9 Å². The number of nitrogens with zero attached hydrogens (tertiary/aromatic N) is 2. The molecule has 1 aromatic carbocycles. The fourth-order valence-electron chi connectivity index (χ4n) is 1.75. The third-order valence-corrected chi connectivity index (χ3v) is 3.87. The van der Waals surface area contributed by atoms with Crippen molar-refractivity contribution in [1.29, 1.82) is 0 Å². The number of nitro groups is 1. The van der Waals surface area contributed by atoms with Gasteiger partial charge in [0.2, 0.25) is 5.88 Å². The summed E-state index contributed by atoms with van der Waals surface area (Å²) in [5.74, 6) is 0.211. The average molecular weight is 359 g/mol. The lowest BCUT2D eigenvalue weighted by Crippen LogP contribution is -2.00. The number of benzene rings is 1. The Labute approximate surface area is 127 Å². The molecule has 0 radical (unpaired) electrons. The molecule has 2 N–H and O–H groups in total. The van der Waals surface area contributed by atoms with Crippen molar-refractivity contribution < 1.29 is 9.66 Å². The molecule has 0 aliphatic carbocycles.